The third kappa shape index (κ3) is 1.47. The molecule has 16 heavy (non-hydrogen) atoms. The van der Waals surface area contributed by atoms with Crippen molar-refractivity contribution in [3.63, 3.8) is 0 Å². The van der Waals surface area contributed by atoms with Crippen LogP contribution in [0.5, 0.6) is 0 Å². The Balaban J connectivity index is 2.91. The summed E-state index contributed by atoms with van der Waals surface area (Å²) in [7, 11) is 0. The number of rotatable bonds is 1. The molecule has 0 aliphatic rings. The Bertz CT molecular complexity index is 652. The summed E-state index contributed by atoms with van der Waals surface area (Å²) >= 11 is 0. The molecule has 0 bridgehead atoms. The fourth-order valence-corrected chi connectivity index (χ4v) is 1.73. The zero-order valence-electron chi connectivity index (χ0n) is 8.67. The molecule has 1 heterocycles. The molecule has 1 N–H and O–H groups in total. The van der Waals surface area contributed by atoms with Crippen LogP contribution in [0.2, 0.25) is 0 Å². The summed E-state index contributed by atoms with van der Waals surface area (Å²) in [5.41, 5.74) is 0.878. The summed E-state index contributed by atoms with van der Waals surface area (Å²) in [5, 5.41) is 8.91. The maximum atomic E-state index is 13.4. The first-order valence-electron chi connectivity index (χ1n) is 4.82. The Morgan fingerprint density at radius 1 is 1.50 bits per heavy atom. The van der Waals surface area contributed by atoms with Gasteiger partial charge < -0.3 is 4.98 Å². The summed E-state index contributed by atoms with van der Waals surface area (Å²) in [5.74, 6) is -0.457. The molecule has 0 amide bonds. The van der Waals surface area contributed by atoms with E-state index in [0.717, 1.165) is 0 Å². The lowest BCUT2D eigenvalue weighted by Gasteiger charge is -2.05. The highest BCUT2D eigenvalue weighted by Gasteiger charge is 2.10. The van der Waals surface area contributed by atoms with Crippen LogP contribution in [0.15, 0.2) is 23.0 Å². The van der Waals surface area contributed by atoms with Gasteiger partial charge in [0.15, 0.2) is 5.43 Å². The lowest BCUT2D eigenvalue weighted by Crippen LogP contribution is -2.13. The quantitative estimate of drug-likeness (QED) is 0.793. The van der Waals surface area contributed by atoms with Gasteiger partial charge in [-0.3, -0.25) is 4.79 Å². The second kappa shape index (κ2) is 3.78. The van der Waals surface area contributed by atoms with Gasteiger partial charge in [-0.2, -0.15) is 5.26 Å². The highest BCUT2D eigenvalue weighted by atomic mass is 19.1. The van der Waals surface area contributed by atoms with Crippen LogP contribution < -0.4 is 5.43 Å². The van der Waals surface area contributed by atoms with Gasteiger partial charge in [0, 0.05) is 16.6 Å². The van der Waals surface area contributed by atoms with Crippen molar-refractivity contribution in [3.8, 4) is 6.07 Å². The van der Waals surface area contributed by atoms with E-state index in [-0.39, 0.29) is 22.8 Å². The predicted octanol–water partition coefficient (Wildman–Crippen LogP) is 2.04. The second-order valence-corrected chi connectivity index (χ2v) is 3.55. The van der Waals surface area contributed by atoms with Gasteiger partial charge in [-0.1, -0.05) is 6.07 Å². The molecule has 0 aliphatic heterocycles. The molecule has 3 nitrogen and oxygen atoms in total. The molecule has 2 rings (SSSR count). The number of H-pyrrole nitrogens is 1. The van der Waals surface area contributed by atoms with Crippen molar-refractivity contribution < 1.29 is 4.39 Å². The zero-order chi connectivity index (χ0) is 11.7. The van der Waals surface area contributed by atoms with Crippen LogP contribution in [0, 0.1) is 24.1 Å². The van der Waals surface area contributed by atoms with Crippen LogP contribution in [0.1, 0.15) is 11.3 Å². The third-order valence-corrected chi connectivity index (χ3v) is 2.55. The van der Waals surface area contributed by atoms with Crippen molar-refractivity contribution in [1.82, 2.24) is 4.98 Å². The van der Waals surface area contributed by atoms with E-state index >= 15 is 0 Å². The molecule has 0 spiro atoms. The maximum Gasteiger partial charge on any atom is 0.193 e. The van der Waals surface area contributed by atoms with Crippen molar-refractivity contribution in [1.29, 1.82) is 5.26 Å². The number of hydrogen-bond donors (Lipinski definition) is 1. The molecule has 1 aromatic heterocycles. The normalized spacial score (nSPS) is 10.3. The van der Waals surface area contributed by atoms with Crippen LogP contribution in [-0.4, -0.2) is 4.98 Å². The summed E-state index contributed by atoms with van der Waals surface area (Å²) < 4.78 is 13.4. The van der Waals surface area contributed by atoms with Gasteiger partial charge >= 0.3 is 0 Å². The number of nitrogens with one attached hydrogen (secondary N) is 1. The van der Waals surface area contributed by atoms with E-state index in [0.29, 0.717) is 11.3 Å². The highest BCUT2D eigenvalue weighted by molar-refractivity contribution is 5.80. The van der Waals surface area contributed by atoms with Gasteiger partial charge in [0.25, 0.3) is 0 Å². The van der Waals surface area contributed by atoms with Crippen molar-refractivity contribution in [2.45, 2.75) is 13.3 Å². The van der Waals surface area contributed by atoms with Gasteiger partial charge in [-0.25, -0.2) is 4.39 Å². The first-order valence-corrected chi connectivity index (χ1v) is 4.82. The molecular weight excluding hydrogens is 207 g/mol. The minimum absolute atomic E-state index is 0.0353. The van der Waals surface area contributed by atoms with Crippen molar-refractivity contribution in [2.24, 2.45) is 0 Å². The number of aromatic amines is 1. The third-order valence-electron chi connectivity index (χ3n) is 2.55. The largest absolute Gasteiger partial charge is 0.356 e. The van der Waals surface area contributed by atoms with Gasteiger partial charge in [0.1, 0.15) is 5.82 Å². The average molecular weight is 216 g/mol. The molecular formula is C12H9FN2O. The molecule has 2 aromatic rings. The Kier molecular flexibility index (Phi) is 2.45. The number of pyridine rings is 1. The van der Waals surface area contributed by atoms with E-state index < -0.39 is 5.82 Å². The molecule has 0 unspecified atom stereocenters. The van der Waals surface area contributed by atoms with Gasteiger partial charge in [0.2, 0.25) is 0 Å². The second-order valence-electron chi connectivity index (χ2n) is 3.55. The number of nitrogens with zero attached hydrogens (tertiary/aromatic N) is 1. The standard InChI is InChI=1S/C12H9FN2O/c1-7-8(5-6-14)12(16)9-3-2-4-10(13)11(9)15-7/h2-4H,5H2,1H3,(H,15,16). The number of aromatic nitrogens is 1. The fraction of sp³-hybridized carbons (Fsp3) is 0.167. The Morgan fingerprint density at radius 2 is 2.25 bits per heavy atom. The van der Waals surface area contributed by atoms with Crippen molar-refractivity contribution >= 4 is 10.9 Å². The molecule has 0 atom stereocenters. The maximum absolute atomic E-state index is 13.4. The van der Waals surface area contributed by atoms with Crippen LogP contribution in [-0.2, 0) is 6.42 Å². The Morgan fingerprint density at radius 3 is 2.94 bits per heavy atom. The van der Waals surface area contributed by atoms with E-state index in [1.807, 2.05) is 6.07 Å². The molecule has 80 valence electrons. The van der Waals surface area contributed by atoms with Crippen molar-refractivity contribution in [2.75, 3.05) is 0 Å². The zero-order valence-corrected chi connectivity index (χ0v) is 8.67. The summed E-state index contributed by atoms with van der Waals surface area (Å²) in [6, 6.07) is 6.26. The Labute approximate surface area is 91.1 Å². The smallest absolute Gasteiger partial charge is 0.193 e. The van der Waals surface area contributed by atoms with Crippen LogP contribution in [0.4, 0.5) is 4.39 Å². The number of fused-ring (bicyclic) bond motifs is 1. The minimum atomic E-state index is -0.457. The highest BCUT2D eigenvalue weighted by Crippen LogP contribution is 2.14. The topological polar surface area (TPSA) is 56.6 Å². The van der Waals surface area contributed by atoms with Gasteiger partial charge in [0.05, 0.1) is 18.0 Å². The lowest BCUT2D eigenvalue weighted by molar-refractivity contribution is 0.636. The van der Waals surface area contributed by atoms with Crippen molar-refractivity contribution in [3.05, 3.63) is 45.5 Å². The van der Waals surface area contributed by atoms with E-state index in [1.54, 1.807) is 13.0 Å². The molecule has 0 fully saturated rings. The number of benzene rings is 1. The fourth-order valence-electron chi connectivity index (χ4n) is 1.73. The molecule has 0 aliphatic carbocycles. The molecule has 1 aromatic carbocycles. The first-order chi connectivity index (χ1) is 7.65. The molecule has 0 radical (unpaired) electrons. The monoisotopic (exact) mass is 216 g/mol. The minimum Gasteiger partial charge on any atom is -0.356 e. The summed E-state index contributed by atoms with van der Waals surface area (Å²) in [6.07, 6.45) is 0.0353. The number of aryl methyl sites for hydroxylation is 1. The van der Waals surface area contributed by atoms with E-state index in [4.69, 9.17) is 5.26 Å². The number of nitriles is 1. The van der Waals surface area contributed by atoms with Crippen LogP contribution in [0.3, 0.4) is 0 Å². The van der Waals surface area contributed by atoms with Crippen LogP contribution >= 0.6 is 0 Å². The van der Waals surface area contributed by atoms with E-state index in [2.05, 4.69) is 4.98 Å². The van der Waals surface area contributed by atoms with E-state index in [1.165, 1.54) is 12.1 Å². The first kappa shape index (κ1) is 10.4. The van der Waals surface area contributed by atoms with Crippen LogP contribution in [0.25, 0.3) is 10.9 Å². The number of hydrogen-bond acceptors (Lipinski definition) is 2. The number of halogens is 1. The predicted molar refractivity (Wildman–Crippen MR) is 58.6 cm³/mol. The number of para-hydroxylation sites is 1. The SMILES string of the molecule is Cc1[nH]c2c(F)cccc2c(=O)c1CC#N. The lowest BCUT2D eigenvalue weighted by atomic mass is 10.1. The average Bonchev–Trinajstić information content (AvgIpc) is 2.26. The molecule has 4 heteroatoms. The van der Waals surface area contributed by atoms with Gasteiger partial charge in [-0.05, 0) is 19.1 Å². The van der Waals surface area contributed by atoms with Gasteiger partial charge in [-0.15, -0.1) is 0 Å². The molecule has 0 saturated carbocycles. The Hall–Kier alpha value is -2.15. The van der Waals surface area contributed by atoms with E-state index in [9.17, 15) is 9.18 Å². The summed E-state index contributed by atoms with van der Waals surface area (Å²) in [4.78, 5) is 14.8. The molecule has 0 saturated heterocycles. The summed E-state index contributed by atoms with van der Waals surface area (Å²) in [6.45, 7) is 1.67.